The van der Waals surface area contributed by atoms with Gasteiger partial charge in [-0.1, -0.05) is 65.3 Å². The van der Waals surface area contributed by atoms with Crippen molar-refractivity contribution in [1.82, 2.24) is 20.1 Å². The third kappa shape index (κ3) is 6.32. The molecule has 0 spiro atoms. The van der Waals surface area contributed by atoms with Crippen molar-refractivity contribution in [2.45, 2.75) is 43.8 Å². The third-order valence-electron chi connectivity index (χ3n) is 4.80. The van der Waals surface area contributed by atoms with Gasteiger partial charge in [0.05, 0.1) is 10.3 Å². The van der Waals surface area contributed by atoms with Crippen molar-refractivity contribution in [2.24, 2.45) is 0 Å². The summed E-state index contributed by atoms with van der Waals surface area (Å²) in [5.74, 6) is 0.646. The number of carbonyl (C=O) groups is 1. The Balaban J connectivity index is 1.72. The van der Waals surface area contributed by atoms with E-state index in [1.54, 1.807) is 7.11 Å². The first-order valence-corrected chi connectivity index (χ1v) is 11.4. The summed E-state index contributed by atoms with van der Waals surface area (Å²) >= 11 is 7.78. The van der Waals surface area contributed by atoms with Crippen molar-refractivity contribution >= 4 is 29.3 Å². The van der Waals surface area contributed by atoms with E-state index in [9.17, 15) is 4.79 Å². The van der Waals surface area contributed by atoms with Gasteiger partial charge in [-0.15, -0.1) is 10.2 Å². The summed E-state index contributed by atoms with van der Waals surface area (Å²) in [6.07, 6.45) is 0.799. The zero-order valence-electron chi connectivity index (χ0n) is 18.0. The van der Waals surface area contributed by atoms with E-state index in [4.69, 9.17) is 16.3 Å². The maximum absolute atomic E-state index is 12.7. The van der Waals surface area contributed by atoms with Crippen LogP contribution in [0, 0.1) is 6.92 Å². The lowest BCUT2D eigenvalue weighted by Gasteiger charge is -2.14. The molecular weight excluding hydrogens is 432 g/mol. The standard InChI is InChI=1S/C23H27ClN4O2S/c1-16-9-11-18(12-10-16)15-25-22(29)17(2)31-23-27-26-21(28(23)13-6-14-30-3)19-7-4-5-8-20(19)24/h4-5,7-12,17H,6,13-15H2,1-3H3,(H,25,29). The number of nitrogens with zero attached hydrogens (tertiary/aromatic N) is 3. The van der Waals surface area contributed by atoms with Crippen molar-refractivity contribution < 1.29 is 9.53 Å². The van der Waals surface area contributed by atoms with E-state index in [-0.39, 0.29) is 11.2 Å². The lowest BCUT2D eigenvalue weighted by Crippen LogP contribution is -2.30. The SMILES string of the molecule is COCCCn1c(SC(C)C(=O)NCc2ccc(C)cc2)nnc1-c1ccccc1Cl. The molecule has 0 aliphatic carbocycles. The molecule has 0 fully saturated rings. The molecule has 6 nitrogen and oxygen atoms in total. The van der Waals surface area contributed by atoms with Gasteiger partial charge in [-0.05, 0) is 38.0 Å². The summed E-state index contributed by atoms with van der Waals surface area (Å²) < 4.78 is 7.21. The largest absolute Gasteiger partial charge is 0.385 e. The first-order valence-electron chi connectivity index (χ1n) is 10.2. The minimum Gasteiger partial charge on any atom is -0.385 e. The number of benzene rings is 2. The molecule has 0 saturated carbocycles. The maximum atomic E-state index is 12.7. The molecule has 31 heavy (non-hydrogen) atoms. The second-order valence-corrected chi connectivity index (χ2v) is 8.96. The highest BCUT2D eigenvalue weighted by Gasteiger charge is 2.21. The number of halogens is 1. The second kappa shape index (κ2) is 11.3. The smallest absolute Gasteiger partial charge is 0.233 e. The molecule has 8 heteroatoms. The highest BCUT2D eigenvalue weighted by atomic mass is 35.5. The van der Waals surface area contributed by atoms with Gasteiger partial charge in [-0.3, -0.25) is 4.79 Å². The van der Waals surface area contributed by atoms with Gasteiger partial charge in [0.2, 0.25) is 5.91 Å². The molecule has 0 bridgehead atoms. The van der Waals surface area contributed by atoms with Crippen molar-refractivity contribution in [3.63, 3.8) is 0 Å². The van der Waals surface area contributed by atoms with Crippen LogP contribution >= 0.6 is 23.4 Å². The minimum atomic E-state index is -0.324. The Labute approximate surface area is 192 Å². The van der Waals surface area contributed by atoms with Gasteiger partial charge in [0.1, 0.15) is 0 Å². The van der Waals surface area contributed by atoms with Crippen LogP contribution in [0.15, 0.2) is 53.7 Å². The Bertz CT molecular complexity index is 1010. The molecule has 0 aliphatic heterocycles. The molecular formula is C23H27ClN4O2S. The topological polar surface area (TPSA) is 69.0 Å². The summed E-state index contributed by atoms with van der Waals surface area (Å²) in [4.78, 5) is 12.7. The van der Waals surface area contributed by atoms with E-state index in [2.05, 4.69) is 15.5 Å². The van der Waals surface area contributed by atoms with E-state index in [0.29, 0.717) is 35.7 Å². The summed E-state index contributed by atoms with van der Waals surface area (Å²) in [5, 5.41) is 12.7. The van der Waals surface area contributed by atoms with E-state index in [1.165, 1.54) is 17.3 Å². The summed E-state index contributed by atoms with van der Waals surface area (Å²) in [7, 11) is 1.68. The van der Waals surface area contributed by atoms with E-state index < -0.39 is 0 Å². The molecule has 0 saturated heterocycles. The number of thioether (sulfide) groups is 1. The Morgan fingerprint density at radius 1 is 1.19 bits per heavy atom. The predicted octanol–water partition coefficient (Wildman–Crippen LogP) is 4.74. The number of hydrogen-bond acceptors (Lipinski definition) is 5. The second-order valence-electron chi connectivity index (χ2n) is 7.25. The molecule has 1 amide bonds. The van der Waals surface area contributed by atoms with E-state index >= 15 is 0 Å². The van der Waals surface area contributed by atoms with Gasteiger partial charge in [-0.25, -0.2) is 0 Å². The molecule has 1 heterocycles. The first kappa shape index (κ1) is 23.3. The molecule has 164 valence electrons. The number of methoxy groups -OCH3 is 1. The van der Waals surface area contributed by atoms with Crippen LogP contribution in [0.5, 0.6) is 0 Å². The van der Waals surface area contributed by atoms with Crippen molar-refractivity contribution in [2.75, 3.05) is 13.7 Å². The highest BCUT2D eigenvalue weighted by Crippen LogP contribution is 2.31. The monoisotopic (exact) mass is 458 g/mol. The van der Waals surface area contributed by atoms with Gasteiger partial charge in [0, 0.05) is 32.4 Å². The number of rotatable bonds is 10. The van der Waals surface area contributed by atoms with Crippen LogP contribution in [0.25, 0.3) is 11.4 Å². The molecule has 2 aromatic carbocycles. The molecule has 0 aliphatic rings. The molecule has 1 N–H and O–H groups in total. The third-order valence-corrected chi connectivity index (χ3v) is 6.21. The number of hydrogen-bond donors (Lipinski definition) is 1. The zero-order chi connectivity index (χ0) is 22.2. The molecule has 0 radical (unpaired) electrons. The molecule has 1 unspecified atom stereocenters. The highest BCUT2D eigenvalue weighted by molar-refractivity contribution is 8.00. The quantitative estimate of drug-likeness (QED) is 0.351. The fraction of sp³-hybridized carbons (Fsp3) is 0.348. The lowest BCUT2D eigenvalue weighted by molar-refractivity contribution is -0.120. The van der Waals surface area contributed by atoms with Crippen LogP contribution in [0.4, 0.5) is 0 Å². The van der Waals surface area contributed by atoms with Crippen LogP contribution < -0.4 is 5.32 Å². The number of carbonyl (C=O) groups excluding carboxylic acids is 1. The van der Waals surface area contributed by atoms with Crippen molar-refractivity contribution in [3.05, 3.63) is 64.7 Å². The number of aromatic nitrogens is 3. The Morgan fingerprint density at radius 3 is 2.65 bits per heavy atom. The van der Waals surface area contributed by atoms with E-state index in [0.717, 1.165) is 17.5 Å². The molecule has 3 rings (SSSR count). The molecule has 3 aromatic rings. The Hall–Kier alpha value is -2.35. The summed E-state index contributed by atoms with van der Waals surface area (Å²) in [6, 6.07) is 15.7. The molecule has 1 aromatic heterocycles. The average molecular weight is 459 g/mol. The first-order chi connectivity index (χ1) is 15.0. The van der Waals surface area contributed by atoms with Crippen LogP contribution in [0.3, 0.4) is 0 Å². The predicted molar refractivity (Wildman–Crippen MR) is 125 cm³/mol. The summed E-state index contributed by atoms with van der Waals surface area (Å²) in [6.45, 7) is 5.70. The Kier molecular flexibility index (Phi) is 8.51. The van der Waals surface area contributed by atoms with Crippen LogP contribution in [0.2, 0.25) is 5.02 Å². The van der Waals surface area contributed by atoms with Crippen LogP contribution in [-0.4, -0.2) is 39.6 Å². The van der Waals surface area contributed by atoms with Gasteiger partial charge >= 0.3 is 0 Å². The van der Waals surface area contributed by atoms with Gasteiger partial charge < -0.3 is 14.6 Å². The Morgan fingerprint density at radius 2 is 1.94 bits per heavy atom. The maximum Gasteiger partial charge on any atom is 0.233 e. The van der Waals surface area contributed by atoms with Gasteiger partial charge in [-0.2, -0.15) is 0 Å². The van der Waals surface area contributed by atoms with Gasteiger partial charge in [0.25, 0.3) is 0 Å². The average Bonchev–Trinajstić information content (AvgIpc) is 3.15. The number of amides is 1. The van der Waals surface area contributed by atoms with Crippen LogP contribution in [-0.2, 0) is 22.6 Å². The fourth-order valence-corrected chi connectivity index (χ4v) is 4.16. The molecule has 1 atom stereocenters. The fourth-order valence-electron chi connectivity index (χ4n) is 3.04. The van der Waals surface area contributed by atoms with Crippen LogP contribution in [0.1, 0.15) is 24.5 Å². The summed E-state index contributed by atoms with van der Waals surface area (Å²) in [5.41, 5.74) is 3.08. The van der Waals surface area contributed by atoms with Crippen molar-refractivity contribution in [3.8, 4) is 11.4 Å². The van der Waals surface area contributed by atoms with E-state index in [1.807, 2.05) is 66.9 Å². The normalized spacial score (nSPS) is 12.0. The van der Waals surface area contributed by atoms with Gasteiger partial charge in [0.15, 0.2) is 11.0 Å². The minimum absolute atomic E-state index is 0.0451. The number of ether oxygens (including phenoxy) is 1. The van der Waals surface area contributed by atoms with Crippen molar-refractivity contribution in [1.29, 1.82) is 0 Å². The lowest BCUT2D eigenvalue weighted by atomic mass is 10.1. The number of aryl methyl sites for hydroxylation is 1. The zero-order valence-corrected chi connectivity index (χ0v) is 19.5. The number of nitrogens with one attached hydrogen (secondary N) is 1.